The summed E-state index contributed by atoms with van der Waals surface area (Å²) < 4.78 is 52.6. The first-order valence-corrected chi connectivity index (χ1v) is 11.5. The first-order chi connectivity index (χ1) is 13.1. The molecule has 5 nitrogen and oxygen atoms in total. The molecule has 1 N–H and O–H groups in total. The van der Waals surface area contributed by atoms with Gasteiger partial charge in [-0.3, -0.25) is 0 Å². The monoisotopic (exact) mass is 416 g/mol. The molecule has 28 heavy (non-hydrogen) atoms. The maximum absolute atomic E-state index is 13.2. The summed E-state index contributed by atoms with van der Waals surface area (Å²) in [6.07, 6.45) is 0. The van der Waals surface area contributed by atoms with Gasteiger partial charge in [-0.2, -0.15) is 0 Å². The second kappa shape index (κ2) is 7.07. The fraction of sp³-hybridized carbons (Fsp3) is 0.143. The van der Waals surface area contributed by atoms with Crippen LogP contribution < -0.4 is 0 Å². The maximum atomic E-state index is 13.2. The Kier molecular flexibility index (Phi) is 5.08. The van der Waals surface area contributed by atoms with Crippen LogP contribution in [0.4, 0.5) is 0 Å². The molecule has 0 spiro atoms. The third-order valence-electron chi connectivity index (χ3n) is 4.60. The topological polar surface area (TPSA) is 88.5 Å². The Morgan fingerprint density at radius 2 is 1.00 bits per heavy atom. The average molecular weight is 417 g/mol. The molecule has 0 unspecified atom stereocenters. The van der Waals surface area contributed by atoms with Gasteiger partial charge in [0, 0.05) is 0 Å². The van der Waals surface area contributed by atoms with E-state index in [4.69, 9.17) is 0 Å². The lowest BCUT2D eigenvalue weighted by Crippen LogP contribution is -2.10. The van der Waals surface area contributed by atoms with E-state index in [0.29, 0.717) is 11.1 Å². The van der Waals surface area contributed by atoms with Crippen LogP contribution in [0.5, 0.6) is 5.75 Å². The van der Waals surface area contributed by atoms with Crippen molar-refractivity contribution in [3.63, 3.8) is 0 Å². The molecule has 0 saturated carbocycles. The van der Waals surface area contributed by atoms with Crippen LogP contribution in [-0.2, 0) is 19.7 Å². The predicted molar refractivity (Wildman–Crippen MR) is 106 cm³/mol. The number of hydrogen-bond acceptors (Lipinski definition) is 5. The average Bonchev–Trinajstić information content (AvgIpc) is 2.61. The molecule has 3 rings (SSSR count). The van der Waals surface area contributed by atoms with Crippen molar-refractivity contribution in [3.05, 3.63) is 77.4 Å². The van der Waals surface area contributed by atoms with Crippen molar-refractivity contribution in [2.75, 3.05) is 0 Å². The van der Waals surface area contributed by atoms with E-state index in [-0.39, 0.29) is 20.2 Å². The van der Waals surface area contributed by atoms with Crippen LogP contribution >= 0.6 is 0 Å². The number of hydrogen-bond donors (Lipinski definition) is 1. The zero-order valence-electron chi connectivity index (χ0n) is 15.7. The fourth-order valence-electron chi connectivity index (χ4n) is 3.11. The number of aromatic hydroxyl groups is 1. The Labute approximate surface area is 165 Å². The third-order valence-corrected chi connectivity index (χ3v) is 8.60. The Bertz CT molecular complexity index is 1180. The number of phenolic OH excluding ortho intramolecular Hbond substituents is 1. The van der Waals surface area contributed by atoms with Crippen molar-refractivity contribution in [1.82, 2.24) is 0 Å². The van der Waals surface area contributed by atoms with Crippen molar-refractivity contribution in [3.8, 4) is 5.75 Å². The molecule has 0 atom stereocenters. The number of benzene rings is 3. The molecule has 146 valence electrons. The molecule has 0 bridgehead atoms. The van der Waals surface area contributed by atoms with Gasteiger partial charge in [0.1, 0.15) is 10.6 Å². The predicted octanol–water partition coefficient (Wildman–Crippen LogP) is 3.98. The lowest BCUT2D eigenvalue weighted by Gasteiger charge is -2.14. The van der Waals surface area contributed by atoms with Gasteiger partial charge in [0.25, 0.3) is 0 Å². The zero-order valence-corrected chi connectivity index (χ0v) is 17.3. The highest BCUT2D eigenvalue weighted by Crippen LogP contribution is 2.36. The summed E-state index contributed by atoms with van der Waals surface area (Å²) in [5.41, 5.74) is 1.33. The summed E-state index contributed by atoms with van der Waals surface area (Å²) in [4.78, 5) is -0.456. The lowest BCUT2D eigenvalue weighted by atomic mass is 10.2. The third kappa shape index (κ3) is 3.31. The van der Waals surface area contributed by atoms with Gasteiger partial charge in [-0.15, -0.1) is 0 Å². The highest BCUT2D eigenvalue weighted by Gasteiger charge is 2.29. The Balaban J connectivity index is 2.29. The molecule has 7 heteroatoms. The zero-order chi connectivity index (χ0) is 20.7. The van der Waals surface area contributed by atoms with Crippen LogP contribution in [0.25, 0.3) is 0 Å². The number of phenols is 1. The van der Waals surface area contributed by atoms with E-state index in [1.165, 1.54) is 25.1 Å². The van der Waals surface area contributed by atoms with Gasteiger partial charge in [0.05, 0.1) is 14.7 Å². The van der Waals surface area contributed by atoms with E-state index in [1.807, 2.05) is 0 Å². The molecule has 0 saturated heterocycles. The smallest absolute Gasteiger partial charge is 0.210 e. The minimum Gasteiger partial charge on any atom is -0.507 e. The standard InChI is InChI=1S/C21H20O5S2/c1-14-8-4-6-10-18(14)27(23,24)20-13-21(17(22)12-16(20)3)28(25,26)19-11-7-5-9-15(19)2/h4-13,22H,1-3H3. The largest absolute Gasteiger partial charge is 0.507 e. The molecular formula is C21H20O5S2. The Morgan fingerprint density at radius 1 is 0.571 bits per heavy atom. The van der Waals surface area contributed by atoms with Gasteiger partial charge in [0.2, 0.25) is 19.7 Å². The SMILES string of the molecule is Cc1ccccc1S(=O)(=O)c1cc(S(=O)(=O)c2ccccc2C)c(O)cc1C. The van der Waals surface area contributed by atoms with Gasteiger partial charge >= 0.3 is 0 Å². The van der Waals surface area contributed by atoms with Crippen molar-refractivity contribution in [2.24, 2.45) is 0 Å². The van der Waals surface area contributed by atoms with E-state index in [9.17, 15) is 21.9 Å². The minimum absolute atomic E-state index is 0.0217. The highest BCUT2D eigenvalue weighted by atomic mass is 32.2. The summed E-state index contributed by atoms with van der Waals surface area (Å²) >= 11 is 0. The molecule has 0 aromatic heterocycles. The highest BCUT2D eigenvalue weighted by molar-refractivity contribution is 7.92. The molecule has 0 fully saturated rings. The molecule has 0 aliphatic rings. The van der Waals surface area contributed by atoms with Crippen molar-refractivity contribution in [2.45, 2.75) is 40.4 Å². The first kappa shape index (κ1) is 20.1. The number of sulfone groups is 2. The van der Waals surface area contributed by atoms with Gasteiger partial charge < -0.3 is 5.11 Å². The molecule has 0 heterocycles. The second-order valence-electron chi connectivity index (χ2n) is 6.62. The maximum Gasteiger partial charge on any atom is 0.210 e. The lowest BCUT2D eigenvalue weighted by molar-refractivity contribution is 0.457. The van der Waals surface area contributed by atoms with Crippen molar-refractivity contribution < 1.29 is 21.9 Å². The summed E-state index contributed by atoms with van der Waals surface area (Å²) in [7, 11) is -8.07. The van der Waals surface area contributed by atoms with Gasteiger partial charge in [0.15, 0.2) is 0 Å². The van der Waals surface area contributed by atoms with Crippen LogP contribution in [0.15, 0.2) is 80.2 Å². The van der Waals surface area contributed by atoms with E-state index in [2.05, 4.69) is 0 Å². The summed E-state index contributed by atoms with van der Waals surface area (Å²) in [6, 6.07) is 15.1. The Morgan fingerprint density at radius 3 is 1.46 bits per heavy atom. The van der Waals surface area contributed by atoms with E-state index in [0.717, 1.165) is 6.07 Å². The summed E-state index contributed by atoms with van der Waals surface area (Å²) in [5.74, 6) is -0.482. The van der Waals surface area contributed by atoms with Crippen LogP contribution in [0.3, 0.4) is 0 Å². The van der Waals surface area contributed by atoms with Crippen LogP contribution in [0, 0.1) is 20.8 Å². The molecule has 0 aliphatic carbocycles. The van der Waals surface area contributed by atoms with Crippen LogP contribution in [-0.4, -0.2) is 21.9 Å². The number of rotatable bonds is 4. The van der Waals surface area contributed by atoms with E-state index in [1.54, 1.807) is 50.2 Å². The van der Waals surface area contributed by atoms with E-state index < -0.39 is 30.3 Å². The van der Waals surface area contributed by atoms with Crippen molar-refractivity contribution >= 4 is 19.7 Å². The molecule has 0 amide bonds. The van der Waals surface area contributed by atoms with Gasteiger partial charge in [-0.25, -0.2) is 16.8 Å². The van der Waals surface area contributed by atoms with Crippen LogP contribution in [0.2, 0.25) is 0 Å². The first-order valence-electron chi connectivity index (χ1n) is 8.52. The van der Waals surface area contributed by atoms with Gasteiger partial charge in [-0.1, -0.05) is 36.4 Å². The van der Waals surface area contributed by atoms with Gasteiger partial charge in [-0.05, 0) is 61.7 Å². The normalized spacial score (nSPS) is 12.1. The second-order valence-corrected chi connectivity index (χ2v) is 10.4. The van der Waals surface area contributed by atoms with E-state index >= 15 is 0 Å². The number of aryl methyl sites for hydroxylation is 3. The molecular weight excluding hydrogens is 396 g/mol. The molecule has 0 aliphatic heterocycles. The molecule has 3 aromatic rings. The molecule has 3 aromatic carbocycles. The summed E-state index contributed by atoms with van der Waals surface area (Å²) in [6.45, 7) is 4.84. The molecule has 0 radical (unpaired) electrons. The summed E-state index contributed by atoms with van der Waals surface area (Å²) in [5, 5.41) is 10.3. The van der Waals surface area contributed by atoms with Crippen molar-refractivity contribution in [1.29, 1.82) is 0 Å². The van der Waals surface area contributed by atoms with Crippen LogP contribution in [0.1, 0.15) is 16.7 Å². The quantitative estimate of drug-likeness (QED) is 0.695. The Hall–Kier alpha value is -2.64. The fourth-order valence-corrected chi connectivity index (χ4v) is 6.52. The minimum atomic E-state index is -4.11.